The van der Waals surface area contributed by atoms with Gasteiger partial charge in [0, 0.05) is 7.05 Å². The van der Waals surface area contributed by atoms with E-state index in [1.807, 2.05) is 34.7 Å². The topological polar surface area (TPSA) is 39.1 Å². The van der Waals surface area contributed by atoms with Gasteiger partial charge in [0.15, 0.2) is 0 Å². The summed E-state index contributed by atoms with van der Waals surface area (Å²) in [5.41, 5.74) is 4.45. The van der Waals surface area contributed by atoms with Crippen molar-refractivity contribution in [3.8, 4) is 0 Å². The Morgan fingerprint density at radius 3 is 2.47 bits per heavy atom. The van der Waals surface area contributed by atoms with Gasteiger partial charge in [0.05, 0.1) is 28.6 Å². The first kappa shape index (κ1) is 12.5. The van der Waals surface area contributed by atoms with Gasteiger partial charge in [-0.25, -0.2) is 0 Å². The smallest absolute Gasteiger partial charge is 0.0861 e. The minimum Gasteiger partial charge on any atom is -0.296 e. The number of nitrogens with zero attached hydrogens (tertiary/aromatic N) is 2. The molecule has 1 N–H and O–H groups in total. The minimum atomic E-state index is -0.208. The molecule has 15 heavy (non-hydrogen) atoms. The number of halogens is 1. The number of nitrogens with one attached hydrogen (secondary N) is 1. The molecule has 0 radical (unpaired) electrons. The molecule has 0 atom stereocenters. The molecule has 0 saturated heterocycles. The van der Waals surface area contributed by atoms with Crippen molar-refractivity contribution in [3.05, 3.63) is 16.4 Å². The normalized spacial score (nSPS) is 12.1. The molecule has 0 aliphatic heterocycles. The van der Waals surface area contributed by atoms with Crippen LogP contribution in [0.4, 0.5) is 0 Å². The Hall–Kier alpha value is -0.580. The molecule has 1 aromatic rings. The summed E-state index contributed by atoms with van der Waals surface area (Å²) in [7, 11) is 1.87. The molecular formula is C10H18ClN3O. The maximum Gasteiger partial charge on any atom is 0.0861 e. The Morgan fingerprint density at radius 2 is 2.07 bits per heavy atom. The molecule has 0 bridgehead atoms. The van der Waals surface area contributed by atoms with Crippen molar-refractivity contribution < 1.29 is 4.84 Å². The molecule has 0 spiro atoms. The highest BCUT2D eigenvalue weighted by Crippen LogP contribution is 2.19. The number of aromatic nitrogens is 2. The highest BCUT2D eigenvalue weighted by atomic mass is 35.5. The van der Waals surface area contributed by atoms with Gasteiger partial charge in [-0.1, -0.05) is 11.6 Å². The van der Waals surface area contributed by atoms with Gasteiger partial charge < -0.3 is 0 Å². The standard InChI is InChI=1S/C10H18ClN3O/c1-7-9(11)8(14(5)13-7)6-12-15-10(2,3)4/h12H,6H2,1-5H3. The lowest BCUT2D eigenvalue weighted by atomic mass is 10.2. The minimum absolute atomic E-state index is 0.208. The van der Waals surface area contributed by atoms with E-state index in [4.69, 9.17) is 16.4 Å². The number of hydrogen-bond acceptors (Lipinski definition) is 3. The molecule has 1 rings (SSSR count). The predicted molar refractivity (Wildman–Crippen MR) is 60.6 cm³/mol. The van der Waals surface area contributed by atoms with Crippen LogP contribution in [0.1, 0.15) is 32.2 Å². The zero-order valence-electron chi connectivity index (χ0n) is 9.89. The van der Waals surface area contributed by atoms with Gasteiger partial charge in [-0.2, -0.15) is 10.6 Å². The number of rotatable bonds is 3. The Balaban J connectivity index is 2.58. The van der Waals surface area contributed by atoms with Crippen molar-refractivity contribution in [2.75, 3.05) is 0 Å². The first-order chi connectivity index (χ1) is 6.81. The summed E-state index contributed by atoms with van der Waals surface area (Å²) in [5, 5.41) is 4.91. The van der Waals surface area contributed by atoms with E-state index in [1.54, 1.807) is 4.68 Å². The Labute approximate surface area is 95.5 Å². The fourth-order valence-corrected chi connectivity index (χ4v) is 1.42. The molecular weight excluding hydrogens is 214 g/mol. The number of hydrogen-bond donors (Lipinski definition) is 1. The third kappa shape index (κ3) is 3.48. The van der Waals surface area contributed by atoms with Crippen LogP contribution in [-0.2, 0) is 18.4 Å². The van der Waals surface area contributed by atoms with Crippen molar-refractivity contribution >= 4 is 11.6 Å². The third-order valence-corrected chi connectivity index (χ3v) is 2.37. The van der Waals surface area contributed by atoms with E-state index in [0.717, 1.165) is 11.4 Å². The molecule has 0 aliphatic carbocycles. The van der Waals surface area contributed by atoms with Gasteiger partial charge >= 0.3 is 0 Å². The third-order valence-electron chi connectivity index (χ3n) is 1.88. The molecule has 0 unspecified atom stereocenters. The molecule has 0 aliphatic rings. The zero-order valence-corrected chi connectivity index (χ0v) is 10.6. The van der Waals surface area contributed by atoms with E-state index in [9.17, 15) is 0 Å². The summed E-state index contributed by atoms with van der Waals surface area (Å²) in [6, 6.07) is 0. The molecule has 0 aromatic carbocycles. The SMILES string of the molecule is Cc1nn(C)c(CNOC(C)(C)C)c1Cl. The molecule has 0 saturated carbocycles. The number of hydroxylamine groups is 1. The van der Waals surface area contributed by atoms with Crippen molar-refractivity contribution in [3.63, 3.8) is 0 Å². The summed E-state index contributed by atoms with van der Waals surface area (Å²) in [6.07, 6.45) is 0. The number of aryl methyl sites for hydroxylation is 2. The second-order valence-corrected chi connectivity index (χ2v) is 4.88. The lowest BCUT2D eigenvalue weighted by molar-refractivity contribution is -0.0764. The first-order valence-electron chi connectivity index (χ1n) is 4.90. The van der Waals surface area contributed by atoms with E-state index in [2.05, 4.69) is 10.6 Å². The molecule has 4 nitrogen and oxygen atoms in total. The van der Waals surface area contributed by atoms with Gasteiger partial charge in [0.25, 0.3) is 0 Å². The van der Waals surface area contributed by atoms with E-state index in [0.29, 0.717) is 11.6 Å². The predicted octanol–water partition coefficient (Wildman–Crippen LogP) is 2.20. The molecule has 0 amide bonds. The van der Waals surface area contributed by atoms with Crippen molar-refractivity contribution in [2.45, 2.75) is 39.8 Å². The van der Waals surface area contributed by atoms with Crippen molar-refractivity contribution in [2.24, 2.45) is 7.05 Å². The van der Waals surface area contributed by atoms with Crippen LogP contribution >= 0.6 is 11.6 Å². The second-order valence-electron chi connectivity index (χ2n) is 4.51. The van der Waals surface area contributed by atoms with Gasteiger partial charge in [0.2, 0.25) is 0 Å². The highest BCUT2D eigenvalue weighted by Gasteiger charge is 2.13. The Kier molecular flexibility index (Phi) is 3.76. The summed E-state index contributed by atoms with van der Waals surface area (Å²) < 4.78 is 1.76. The van der Waals surface area contributed by atoms with Crippen LogP contribution < -0.4 is 5.48 Å². The molecule has 86 valence electrons. The lowest BCUT2D eigenvalue weighted by Gasteiger charge is -2.19. The van der Waals surface area contributed by atoms with Crippen LogP contribution in [0.15, 0.2) is 0 Å². The van der Waals surface area contributed by atoms with Crippen LogP contribution in [-0.4, -0.2) is 15.4 Å². The summed E-state index contributed by atoms with van der Waals surface area (Å²) in [5.74, 6) is 0. The van der Waals surface area contributed by atoms with E-state index < -0.39 is 0 Å². The quantitative estimate of drug-likeness (QED) is 0.811. The zero-order chi connectivity index (χ0) is 11.6. The Morgan fingerprint density at radius 1 is 1.47 bits per heavy atom. The van der Waals surface area contributed by atoms with Gasteiger partial charge in [-0.05, 0) is 27.7 Å². The first-order valence-corrected chi connectivity index (χ1v) is 5.28. The van der Waals surface area contributed by atoms with Gasteiger partial charge in [0.1, 0.15) is 0 Å². The van der Waals surface area contributed by atoms with Gasteiger partial charge in [-0.15, -0.1) is 0 Å². The van der Waals surface area contributed by atoms with Gasteiger partial charge in [-0.3, -0.25) is 9.52 Å². The van der Waals surface area contributed by atoms with Crippen LogP contribution in [0.5, 0.6) is 0 Å². The fraction of sp³-hybridized carbons (Fsp3) is 0.700. The maximum absolute atomic E-state index is 6.09. The van der Waals surface area contributed by atoms with Crippen LogP contribution in [0.2, 0.25) is 5.02 Å². The van der Waals surface area contributed by atoms with E-state index >= 15 is 0 Å². The molecule has 1 heterocycles. The highest BCUT2D eigenvalue weighted by molar-refractivity contribution is 6.31. The monoisotopic (exact) mass is 231 g/mol. The maximum atomic E-state index is 6.09. The summed E-state index contributed by atoms with van der Waals surface area (Å²) in [4.78, 5) is 5.40. The van der Waals surface area contributed by atoms with Crippen molar-refractivity contribution in [1.29, 1.82) is 0 Å². The fourth-order valence-electron chi connectivity index (χ4n) is 1.19. The average molecular weight is 232 g/mol. The van der Waals surface area contributed by atoms with Crippen LogP contribution in [0, 0.1) is 6.92 Å². The van der Waals surface area contributed by atoms with Crippen LogP contribution in [0.25, 0.3) is 0 Å². The molecule has 0 fully saturated rings. The van der Waals surface area contributed by atoms with Crippen molar-refractivity contribution in [1.82, 2.24) is 15.3 Å². The molecule has 1 aromatic heterocycles. The van der Waals surface area contributed by atoms with E-state index in [-0.39, 0.29) is 5.60 Å². The second kappa shape index (κ2) is 4.51. The molecule has 5 heteroatoms. The van der Waals surface area contributed by atoms with E-state index in [1.165, 1.54) is 0 Å². The summed E-state index contributed by atoms with van der Waals surface area (Å²) in [6.45, 7) is 8.38. The Bertz CT molecular complexity index is 341. The lowest BCUT2D eigenvalue weighted by Crippen LogP contribution is -2.29. The largest absolute Gasteiger partial charge is 0.296 e. The average Bonchev–Trinajstić information content (AvgIpc) is 2.29. The van der Waals surface area contributed by atoms with Crippen LogP contribution in [0.3, 0.4) is 0 Å². The summed E-state index contributed by atoms with van der Waals surface area (Å²) >= 11 is 6.09.